The van der Waals surface area contributed by atoms with Crippen LogP contribution in [-0.4, -0.2) is 15.9 Å². The lowest BCUT2D eigenvalue weighted by molar-refractivity contribution is 0.102. The van der Waals surface area contributed by atoms with Crippen molar-refractivity contribution >= 4 is 33.4 Å². The number of anilines is 1. The number of rotatable bonds is 2. The molecule has 4 rings (SSSR count). The molecular weight excluding hydrogens is 333 g/mol. The molecule has 3 N–H and O–H groups in total. The number of carbonyl (C=O) groups excluding carboxylic acids is 1. The third-order valence-corrected chi connectivity index (χ3v) is 4.46. The molecule has 130 valence electrons. The minimum absolute atomic E-state index is 0.163. The van der Waals surface area contributed by atoms with Crippen LogP contribution in [0.25, 0.3) is 21.8 Å². The summed E-state index contributed by atoms with van der Waals surface area (Å²) in [4.78, 5) is 30.4. The fraction of sp³-hybridized carbons (Fsp3) is 0.100. The topological polar surface area (TPSA) is 77.8 Å². The maximum absolute atomic E-state index is 13.6. The highest BCUT2D eigenvalue weighted by Crippen LogP contribution is 2.25. The summed E-state index contributed by atoms with van der Waals surface area (Å²) >= 11 is 0. The molecule has 0 bridgehead atoms. The number of H-pyrrole nitrogens is 2. The summed E-state index contributed by atoms with van der Waals surface area (Å²) in [5, 5.41) is 4.23. The molecule has 0 aliphatic heterocycles. The van der Waals surface area contributed by atoms with E-state index in [0.29, 0.717) is 38.9 Å². The van der Waals surface area contributed by atoms with E-state index in [1.54, 1.807) is 38.1 Å². The van der Waals surface area contributed by atoms with Crippen LogP contribution < -0.4 is 10.9 Å². The van der Waals surface area contributed by atoms with Gasteiger partial charge < -0.3 is 15.3 Å². The summed E-state index contributed by atoms with van der Waals surface area (Å²) in [5.74, 6) is -0.739. The maximum atomic E-state index is 13.6. The van der Waals surface area contributed by atoms with E-state index in [0.717, 1.165) is 5.39 Å². The highest BCUT2D eigenvalue weighted by atomic mass is 19.1. The maximum Gasteiger partial charge on any atom is 0.258 e. The molecule has 0 fully saturated rings. The first-order valence-electron chi connectivity index (χ1n) is 8.15. The Labute approximate surface area is 147 Å². The van der Waals surface area contributed by atoms with Crippen molar-refractivity contribution in [1.82, 2.24) is 9.97 Å². The van der Waals surface area contributed by atoms with E-state index in [2.05, 4.69) is 15.3 Å². The summed E-state index contributed by atoms with van der Waals surface area (Å²) in [6, 6.07) is 11.4. The van der Waals surface area contributed by atoms with Crippen LogP contribution in [0.3, 0.4) is 0 Å². The van der Waals surface area contributed by atoms with Gasteiger partial charge in [-0.1, -0.05) is 6.07 Å². The number of carbonyl (C=O) groups is 1. The van der Waals surface area contributed by atoms with Gasteiger partial charge in [0.25, 0.3) is 11.5 Å². The highest BCUT2D eigenvalue weighted by molar-refractivity contribution is 6.14. The lowest BCUT2D eigenvalue weighted by atomic mass is 10.1. The number of benzene rings is 2. The summed E-state index contributed by atoms with van der Waals surface area (Å²) in [6.45, 7) is 3.51. The average Bonchev–Trinajstić information content (AvgIpc) is 2.91. The summed E-state index contributed by atoms with van der Waals surface area (Å²) < 4.78 is 13.6. The zero-order chi connectivity index (χ0) is 18.4. The van der Waals surface area contributed by atoms with Crippen molar-refractivity contribution in [2.45, 2.75) is 13.8 Å². The number of hydrogen-bond donors (Lipinski definition) is 3. The highest BCUT2D eigenvalue weighted by Gasteiger charge is 2.17. The minimum atomic E-state index is -0.399. The quantitative estimate of drug-likeness (QED) is 0.511. The standard InChI is InChI=1S/C20H16FN3O2/c1-10-7-12-3-5-14(9-17(12)24-19(10)25)23-20(26)18-11(2)22-16-6-4-13(21)8-15(16)18/h3-9,22H,1-2H3,(H,23,26)(H,24,25). The van der Waals surface area contributed by atoms with Gasteiger partial charge in [-0.2, -0.15) is 0 Å². The van der Waals surface area contributed by atoms with Crippen molar-refractivity contribution in [2.75, 3.05) is 5.32 Å². The Bertz CT molecular complexity index is 1240. The van der Waals surface area contributed by atoms with Crippen LogP contribution in [0.15, 0.2) is 47.3 Å². The van der Waals surface area contributed by atoms with Crippen LogP contribution in [0, 0.1) is 19.7 Å². The Morgan fingerprint density at radius 3 is 2.62 bits per heavy atom. The van der Waals surface area contributed by atoms with Crippen LogP contribution in [0.2, 0.25) is 0 Å². The molecule has 2 aromatic carbocycles. The van der Waals surface area contributed by atoms with Gasteiger partial charge in [0.2, 0.25) is 0 Å². The predicted molar refractivity (Wildman–Crippen MR) is 100 cm³/mol. The Morgan fingerprint density at radius 2 is 1.81 bits per heavy atom. The van der Waals surface area contributed by atoms with E-state index >= 15 is 0 Å². The molecule has 1 amide bonds. The number of hydrogen-bond acceptors (Lipinski definition) is 2. The molecule has 0 aliphatic rings. The molecule has 5 nitrogen and oxygen atoms in total. The number of fused-ring (bicyclic) bond motifs is 2. The number of nitrogens with one attached hydrogen (secondary N) is 3. The zero-order valence-corrected chi connectivity index (χ0v) is 14.2. The minimum Gasteiger partial charge on any atom is -0.358 e. The lowest BCUT2D eigenvalue weighted by Gasteiger charge is -2.07. The van der Waals surface area contributed by atoms with Crippen LogP contribution in [0.5, 0.6) is 0 Å². The number of aromatic amines is 2. The number of aryl methyl sites for hydroxylation is 2. The third-order valence-electron chi connectivity index (χ3n) is 4.46. The van der Waals surface area contributed by atoms with Crippen LogP contribution >= 0.6 is 0 Å². The third kappa shape index (κ3) is 2.65. The van der Waals surface area contributed by atoms with E-state index in [9.17, 15) is 14.0 Å². The summed E-state index contributed by atoms with van der Waals surface area (Å²) in [5.41, 5.74) is 3.42. The van der Waals surface area contributed by atoms with E-state index in [4.69, 9.17) is 0 Å². The van der Waals surface area contributed by atoms with Crippen LogP contribution in [0.1, 0.15) is 21.6 Å². The molecule has 0 atom stereocenters. The van der Waals surface area contributed by atoms with Crippen molar-refractivity contribution < 1.29 is 9.18 Å². The smallest absolute Gasteiger partial charge is 0.258 e. The van der Waals surface area contributed by atoms with E-state index in [1.807, 2.05) is 6.07 Å². The van der Waals surface area contributed by atoms with Crippen molar-refractivity contribution in [3.8, 4) is 0 Å². The molecule has 2 aromatic heterocycles. The van der Waals surface area contributed by atoms with Crippen LogP contribution in [0.4, 0.5) is 10.1 Å². The molecule has 0 spiro atoms. The number of halogens is 1. The molecule has 0 unspecified atom stereocenters. The molecule has 26 heavy (non-hydrogen) atoms. The van der Waals surface area contributed by atoms with Crippen molar-refractivity contribution in [1.29, 1.82) is 0 Å². The van der Waals surface area contributed by atoms with Gasteiger partial charge in [-0.15, -0.1) is 0 Å². The van der Waals surface area contributed by atoms with E-state index in [-0.39, 0.29) is 11.5 Å². The van der Waals surface area contributed by atoms with Gasteiger partial charge in [-0.3, -0.25) is 9.59 Å². The Balaban J connectivity index is 1.73. The normalized spacial score (nSPS) is 11.2. The summed E-state index contributed by atoms with van der Waals surface area (Å²) in [6.07, 6.45) is 0. The second-order valence-corrected chi connectivity index (χ2v) is 6.35. The molecule has 2 heterocycles. The molecule has 0 aliphatic carbocycles. The Hall–Kier alpha value is -3.41. The molecule has 0 saturated heterocycles. The van der Waals surface area contributed by atoms with Gasteiger partial charge in [0.1, 0.15) is 5.82 Å². The second kappa shape index (κ2) is 5.84. The summed E-state index contributed by atoms with van der Waals surface area (Å²) in [7, 11) is 0. The van der Waals surface area contributed by atoms with E-state index < -0.39 is 5.82 Å². The van der Waals surface area contributed by atoms with Gasteiger partial charge in [-0.05, 0) is 55.6 Å². The number of pyridine rings is 1. The molecule has 4 aromatic rings. The fourth-order valence-electron chi connectivity index (χ4n) is 3.17. The second-order valence-electron chi connectivity index (χ2n) is 6.35. The Morgan fingerprint density at radius 1 is 1.00 bits per heavy atom. The van der Waals surface area contributed by atoms with Gasteiger partial charge in [-0.25, -0.2) is 4.39 Å². The average molecular weight is 349 g/mol. The molecular formula is C20H16FN3O2. The van der Waals surface area contributed by atoms with Gasteiger partial charge in [0.05, 0.1) is 11.1 Å². The lowest BCUT2D eigenvalue weighted by Crippen LogP contribution is -2.13. The Kier molecular flexibility index (Phi) is 3.61. The number of aromatic nitrogens is 2. The monoisotopic (exact) mass is 349 g/mol. The first-order valence-corrected chi connectivity index (χ1v) is 8.15. The first kappa shape index (κ1) is 16.1. The molecule has 0 radical (unpaired) electrons. The fourth-order valence-corrected chi connectivity index (χ4v) is 3.17. The largest absolute Gasteiger partial charge is 0.358 e. The molecule has 6 heteroatoms. The van der Waals surface area contributed by atoms with Gasteiger partial charge in [0.15, 0.2) is 0 Å². The van der Waals surface area contributed by atoms with Crippen LogP contribution in [-0.2, 0) is 0 Å². The van der Waals surface area contributed by atoms with Gasteiger partial charge >= 0.3 is 0 Å². The number of amides is 1. The zero-order valence-electron chi connectivity index (χ0n) is 14.2. The van der Waals surface area contributed by atoms with Crippen molar-refractivity contribution in [2.24, 2.45) is 0 Å². The van der Waals surface area contributed by atoms with Crippen molar-refractivity contribution in [3.05, 3.63) is 75.5 Å². The first-order chi connectivity index (χ1) is 12.4. The molecule has 0 saturated carbocycles. The van der Waals surface area contributed by atoms with Crippen molar-refractivity contribution in [3.63, 3.8) is 0 Å². The van der Waals surface area contributed by atoms with Gasteiger partial charge in [0, 0.05) is 27.8 Å². The predicted octanol–water partition coefficient (Wildman–Crippen LogP) is 4.02. The van der Waals surface area contributed by atoms with E-state index in [1.165, 1.54) is 12.1 Å². The SMILES string of the molecule is Cc1[nH]c2ccc(F)cc2c1C(=O)Nc1ccc2cc(C)c(=O)[nH]c2c1.